The van der Waals surface area contributed by atoms with E-state index in [1.54, 1.807) is 11.0 Å². The van der Waals surface area contributed by atoms with Crippen molar-refractivity contribution in [2.24, 2.45) is 0 Å². The quantitative estimate of drug-likeness (QED) is 0.781. The molecule has 1 aliphatic heterocycles. The van der Waals surface area contributed by atoms with Gasteiger partial charge in [0.1, 0.15) is 12.9 Å². The van der Waals surface area contributed by atoms with Gasteiger partial charge in [-0.05, 0) is 25.0 Å². The maximum absolute atomic E-state index is 5.54. The van der Waals surface area contributed by atoms with Crippen LogP contribution in [-0.4, -0.2) is 47.2 Å². The third-order valence-corrected chi connectivity index (χ3v) is 3.40. The average Bonchev–Trinajstić information content (AvgIpc) is 3.19. The molecule has 0 spiro atoms. The Hall–Kier alpha value is -1.92. The van der Waals surface area contributed by atoms with Crippen LogP contribution >= 0.6 is 0 Å². The van der Waals surface area contributed by atoms with Gasteiger partial charge in [0.25, 0.3) is 0 Å². The number of ether oxygens (including phenoxy) is 2. The Bertz CT molecular complexity index is 538. The lowest BCUT2D eigenvalue weighted by Crippen LogP contribution is -2.29. The zero-order chi connectivity index (χ0) is 14.3. The molecule has 112 valence electrons. The van der Waals surface area contributed by atoms with E-state index in [-0.39, 0.29) is 0 Å². The van der Waals surface area contributed by atoms with Gasteiger partial charge >= 0.3 is 6.01 Å². The lowest BCUT2D eigenvalue weighted by molar-refractivity contribution is 0.109. The van der Waals surface area contributed by atoms with Gasteiger partial charge in [0.2, 0.25) is 0 Å². The van der Waals surface area contributed by atoms with Gasteiger partial charge in [-0.1, -0.05) is 18.2 Å². The molecule has 3 rings (SSSR count). The van der Waals surface area contributed by atoms with Gasteiger partial charge < -0.3 is 14.8 Å². The minimum absolute atomic E-state index is 0.361. The Balaban J connectivity index is 1.39. The maximum atomic E-state index is 5.54. The van der Waals surface area contributed by atoms with Crippen molar-refractivity contribution in [2.45, 2.75) is 18.9 Å². The SMILES string of the molecule is c1ccc(-n2cnc(OCCNCC3CCCO3)n2)cc1. The predicted molar refractivity (Wildman–Crippen MR) is 78.7 cm³/mol. The second-order valence-corrected chi connectivity index (χ2v) is 4.99. The highest BCUT2D eigenvalue weighted by molar-refractivity contribution is 5.29. The molecule has 1 aliphatic rings. The fourth-order valence-corrected chi connectivity index (χ4v) is 2.30. The van der Waals surface area contributed by atoms with Gasteiger partial charge in [0.05, 0.1) is 11.8 Å². The van der Waals surface area contributed by atoms with Crippen LogP contribution in [0.3, 0.4) is 0 Å². The van der Waals surface area contributed by atoms with E-state index in [1.807, 2.05) is 30.3 Å². The number of benzene rings is 1. The molecule has 1 N–H and O–H groups in total. The summed E-state index contributed by atoms with van der Waals surface area (Å²) in [5, 5.41) is 7.61. The smallest absolute Gasteiger partial charge is 0.335 e. The molecule has 1 unspecified atom stereocenters. The predicted octanol–water partition coefficient (Wildman–Crippen LogP) is 1.41. The van der Waals surface area contributed by atoms with Crippen LogP contribution in [0, 0.1) is 0 Å². The third kappa shape index (κ3) is 4.03. The molecule has 2 heterocycles. The normalized spacial score (nSPS) is 18.0. The summed E-state index contributed by atoms with van der Waals surface area (Å²) < 4.78 is 12.8. The van der Waals surface area contributed by atoms with E-state index in [0.29, 0.717) is 18.7 Å². The highest BCUT2D eigenvalue weighted by Gasteiger charge is 2.14. The molecule has 0 saturated carbocycles. The van der Waals surface area contributed by atoms with Crippen LogP contribution in [0.5, 0.6) is 6.01 Å². The van der Waals surface area contributed by atoms with Gasteiger partial charge in [0.15, 0.2) is 0 Å². The molecule has 0 amide bonds. The summed E-state index contributed by atoms with van der Waals surface area (Å²) in [4.78, 5) is 4.14. The Labute approximate surface area is 124 Å². The van der Waals surface area contributed by atoms with Crippen molar-refractivity contribution in [3.63, 3.8) is 0 Å². The first-order chi connectivity index (χ1) is 10.4. The van der Waals surface area contributed by atoms with Crippen molar-refractivity contribution in [3.05, 3.63) is 36.7 Å². The second-order valence-electron chi connectivity index (χ2n) is 4.99. The number of nitrogens with one attached hydrogen (secondary N) is 1. The molecule has 1 aromatic heterocycles. The summed E-state index contributed by atoms with van der Waals surface area (Å²) in [6.45, 7) is 3.09. The highest BCUT2D eigenvalue weighted by atomic mass is 16.5. The van der Waals surface area contributed by atoms with Crippen LogP contribution in [0.4, 0.5) is 0 Å². The lowest BCUT2D eigenvalue weighted by atomic mass is 10.2. The zero-order valence-corrected chi connectivity index (χ0v) is 11.9. The number of nitrogens with zero attached hydrogens (tertiary/aromatic N) is 3. The number of hydrogen-bond acceptors (Lipinski definition) is 5. The molecular weight excluding hydrogens is 268 g/mol. The average molecular weight is 288 g/mol. The molecule has 0 bridgehead atoms. The van der Waals surface area contributed by atoms with E-state index < -0.39 is 0 Å². The van der Waals surface area contributed by atoms with Gasteiger partial charge in [-0.25, -0.2) is 4.68 Å². The molecule has 0 radical (unpaired) electrons. The van der Waals surface area contributed by atoms with Gasteiger partial charge in [-0.15, -0.1) is 5.10 Å². The Morgan fingerprint density at radius 2 is 2.24 bits per heavy atom. The van der Waals surface area contributed by atoms with Crippen LogP contribution in [0.2, 0.25) is 0 Å². The third-order valence-electron chi connectivity index (χ3n) is 3.40. The van der Waals surface area contributed by atoms with Crippen molar-refractivity contribution >= 4 is 0 Å². The summed E-state index contributed by atoms with van der Waals surface area (Å²) in [5.41, 5.74) is 0.969. The summed E-state index contributed by atoms with van der Waals surface area (Å²) in [5.74, 6) is 0. The largest absolute Gasteiger partial charge is 0.461 e. The molecule has 1 atom stereocenters. The molecule has 6 heteroatoms. The molecular formula is C15H20N4O2. The van der Waals surface area contributed by atoms with E-state index in [9.17, 15) is 0 Å². The molecule has 1 aromatic carbocycles. The van der Waals surface area contributed by atoms with Crippen molar-refractivity contribution in [1.82, 2.24) is 20.1 Å². The van der Waals surface area contributed by atoms with Crippen molar-refractivity contribution in [2.75, 3.05) is 26.3 Å². The number of rotatable bonds is 7. The van der Waals surface area contributed by atoms with Crippen LogP contribution in [0.25, 0.3) is 5.69 Å². The van der Waals surface area contributed by atoms with E-state index in [1.165, 1.54) is 6.42 Å². The summed E-state index contributed by atoms with van der Waals surface area (Å²) in [6, 6.07) is 10.2. The van der Waals surface area contributed by atoms with E-state index in [2.05, 4.69) is 15.4 Å². The number of hydrogen-bond donors (Lipinski definition) is 1. The van der Waals surface area contributed by atoms with Crippen LogP contribution in [0.1, 0.15) is 12.8 Å². The van der Waals surface area contributed by atoms with Gasteiger partial charge in [0, 0.05) is 19.7 Å². The zero-order valence-electron chi connectivity index (χ0n) is 11.9. The van der Waals surface area contributed by atoms with Crippen molar-refractivity contribution < 1.29 is 9.47 Å². The van der Waals surface area contributed by atoms with E-state index in [0.717, 1.165) is 31.8 Å². The highest BCUT2D eigenvalue weighted by Crippen LogP contribution is 2.10. The maximum Gasteiger partial charge on any atom is 0.335 e. The van der Waals surface area contributed by atoms with Crippen LogP contribution < -0.4 is 10.1 Å². The first-order valence-electron chi connectivity index (χ1n) is 7.34. The standard InChI is InChI=1S/C15H20N4O2/c1-2-5-13(6-3-1)19-12-17-15(18-19)21-10-8-16-11-14-7-4-9-20-14/h1-3,5-6,12,14,16H,4,7-11H2. The number of para-hydroxylation sites is 1. The van der Waals surface area contributed by atoms with E-state index in [4.69, 9.17) is 9.47 Å². The summed E-state index contributed by atoms with van der Waals surface area (Å²) in [6.07, 6.45) is 4.34. The summed E-state index contributed by atoms with van der Waals surface area (Å²) >= 11 is 0. The van der Waals surface area contributed by atoms with E-state index >= 15 is 0 Å². The van der Waals surface area contributed by atoms with Crippen molar-refractivity contribution in [1.29, 1.82) is 0 Å². The fourth-order valence-electron chi connectivity index (χ4n) is 2.30. The topological polar surface area (TPSA) is 61.2 Å². The van der Waals surface area contributed by atoms with Crippen LogP contribution in [-0.2, 0) is 4.74 Å². The fraction of sp³-hybridized carbons (Fsp3) is 0.467. The Morgan fingerprint density at radius 3 is 3.05 bits per heavy atom. The minimum Gasteiger partial charge on any atom is -0.461 e. The molecule has 21 heavy (non-hydrogen) atoms. The first kappa shape index (κ1) is 14.0. The van der Waals surface area contributed by atoms with Crippen molar-refractivity contribution in [3.8, 4) is 11.7 Å². The van der Waals surface area contributed by atoms with Gasteiger partial charge in [-0.3, -0.25) is 0 Å². The Kier molecular flexibility index (Phi) is 4.81. The lowest BCUT2D eigenvalue weighted by Gasteiger charge is -2.10. The molecule has 1 saturated heterocycles. The number of aromatic nitrogens is 3. The molecule has 1 fully saturated rings. The first-order valence-corrected chi connectivity index (χ1v) is 7.34. The molecule has 0 aliphatic carbocycles. The minimum atomic E-state index is 0.361. The molecule has 2 aromatic rings. The Morgan fingerprint density at radius 1 is 1.33 bits per heavy atom. The summed E-state index contributed by atoms with van der Waals surface area (Å²) in [7, 11) is 0. The second kappa shape index (κ2) is 7.19. The monoisotopic (exact) mass is 288 g/mol. The van der Waals surface area contributed by atoms with Crippen LogP contribution in [0.15, 0.2) is 36.7 Å². The van der Waals surface area contributed by atoms with Gasteiger partial charge in [-0.2, -0.15) is 4.98 Å². The molecule has 6 nitrogen and oxygen atoms in total.